The molecule has 0 fully saturated rings. The Labute approximate surface area is 124 Å². The summed E-state index contributed by atoms with van der Waals surface area (Å²) in [6.45, 7) is 1.12. The standard InChI is InChI=1S/C13H9Cl2N3O2/c14-10-4-11(18-13(15)16-10)17-12(19)7-1-2-8-5-20-6-9(8)3-7/h1-4H,5-6H2,(H,16,17,18,19). The first-order valence-corrected chi connectivity index (χ1v) is 6.58. The van der Waals surface area contributed by atoms with Gasteiger partial charge in [0.1, 0.15) is 11.0 Å². The van der Waals surface area contributed by atoms with Gasteiger partial charge in [-0.15, -0.1) is 0 Å². The van der Waals surface area contributed by atoms with E-state index in [1.807, 2.05) is 12.1 Å². The summed E-state index contributed by atoms with van der Waals surface area (Å²) in [4.78, 5) is 19.7. The molecule has 1 N–H and O–H groups in total. The van der Waals surface area contributed by atoms with Crippen molar-refractivity contribution in [3.63, 3.8) is 0 Å². The molecular formula is C13H9Cl2N3O2. The Morgan fingerprint density at radius 2 is 1.95 bits per heavy atom. The normalized spacial score (nSPS) is 13.1. The van der Waals surface area contributed by atoms with E-state index in [2.05, 4.69) is 15.3 Å². The minimum Gasteiger partial charge on any atom is -0.372 e. The number of halogens is 2. The fourth-order valence-corrected chi connectivity index (χ4v) is 2.36. The van der Waals surface area contributed by atoms with Crippen LogP contribution in [0.25, 0.3) is 0 Å². The predicted molar refractivity (Wildman–Crippen MR) is 74.9 cm³/mol. The van der Waals surface area contributed by atoms with Gasteiger partial charge < -0.3 is 10.1 Å². The fourth-order valence-electron chi connectivity index (χ4n) is 1.96. The van der Waals surface area contributed by atoms with Crippen LogP contribution in [-0.4, -0.2) is 15.9 Å². The Morgan fingerprint density at radius 1 is 1.15 bits per heavy atom. The van der Waals surface area contributed by atoms with Gasteiger partial charge in [0.05, 0.1) is 13.2 Å². The minimum atomic E-state index is -0.287. The molecule has 0 radical (unpaired) electrons. The molecule has 0 saturated carbocycles. The van der Waals surface area contributed by atoms with E-state index in [4.69, 9.17) is 27.9 Å². The zero-order valence-electron chi connectivity index (χ0n) is 10.2. The molecule has 5 nitrogen and oxygen atoms in total. The van der Waals surface area contributed by atoms with E-state index in [0.717, 1.165) is 11.1 Å². The van der Waals surface area contributed by atoms with Crippen LogP contribution in [0.2, 0.25) is 10.4 Å². The summed E-state index contributed by atoms with van der Waals surface area (Å²) >= 11 is 11.4. The Kier molecular flexibility index (Phi) is 3.56. The lowest BCUT2D eigenvalue weighted by molar-refractivity contribution is 0.102. The van der Waals surface area contributed by atoms with Gasteiger partial charge in [-0.3, -0.25) is 4.79 Å². The second kappa shape index (κ2) is 5.36. The van der Waals surface area contributed by atoms with Crippen molar-refractivity contribution < 1.29 is 9.53 Å². The van der Waals surface area contributed by atoms with E-state index in [9.17, 15) is 4.79 Å². The number of rotatable bonds is 2. The Bertz CT molecular complexity index is 671. The highest BCUT2D eigenvalue weighted by Crippen LogP contribution is 2.21. The lowest BCUT2D eigenvalue weighted by Crippen LogP contribution is -2.13. The third-order valence-corrected chi connectivity index (χ3v) is 3.26. The fraction of sp³-hybridized carbons (Fsp3) is 0.154. The molecule has 2 heterocycles. The summed E-state index contributed by atoms with van der Waals surface area (Å²) in [5.74, 6) is -0.0257. The maximum atomic E-state index is 12.1. The van der Waals surface area contributed by atoms with E-state index in [1.54, 1.807) is 6.07 Å². The van der Waals surface area contributed by atoms with Gasteiger partial charge in [0.25, 0.3) is 5.91 Å². The van der Waals surface area contributed by atoms with Crippen LogP contribution in [0.5, 0.6) is 0 Å². The van der Waals surface area contributed by atoms with Crippen molar-refractivity contribution in [2.45, 2.75) is 13.2 Å². The number of hydrogen-bond donors (Lipinski definition) is 1. The van der Waals surface area contributed by atoms with Gasteiger partial charge in [-0.05, 0) is 34.9 Å². The molecule has 102 valence electrons. The van der Waals surface area contributed by atoms with Gasteiger partial charge in [0, 0.05) is 11.6 Å². The van der Waals surface area contributed by atoms with Crippen molar-refractivity contribution in [1.29, 1.82) is 0 Å². The average molecular weight is 310 g/mol. The molecule has 0 atom stereocenters. The summed E-state index contributed by atoms with van der Waals surface area (Å²) in [5.41, 5.74) is 2.66. The Hall–Kier alpha value is -1.69. The van der Waals surface area contributed by atoms with E-state index in [-0.39, 0.29) is 22.2 Å². The molecule has 1 aliphatic rings. The SMILES string of the molecule is O=C(Nc1cc(Cl)nc(Cl)n1)c1ccc2c(c1)COC2. The molecule has 0 unspecified atom stereocenters. The average Bonchev–Trinajstić information content (AvgIpc) is 2.84. The van der Waals surface area contributed by atoms with Gasteiger partial charge in [-0.2, -0.15) is 0 Å². The quantitative estimate of drug-likeness (QED) is 0.684. The molecule has 7 heteroatoms. The lowest BCUT2D eigenvalue weighted by atomic mass is 10.1. The summed E-state index contributed by atoms with van der Waals surface area (Å²) in [5, 5.41) is 2.78. The molecule has 20 heavy (non-hydrogen) atoms. The number of aromatic nitrogens is 2. The van der Waals surface area contributed by atoms with Crippen molar-refractivity contribution in [1.82, 2.24) is 9.97 Å². The monoisotopic (exact) mass is 309 g/mol. The highest BCUT2D eigenvalue weighted by atomic mass is 35.5. The van der Waals surface area contributed by atoms with Gasteiger partial charge in [-0.25, -0.2) is 9.97 Å². The van der Waals surface area contributed by atoms with Crippen LogP contribution in [-0.2, 0) is 18.0 Å². The Morgan fingerprint density at radius 3 is 2.75 bits per heavy atom. The van der Waals surface area contributed by atoms with Crippen LogP contribution < -0.4 is 5.32 Å². The van der Waals surface area contributed by atoms with E-state index < -0.39 is 0 Å². The van der Waals surface area contributed by atoms with Crippen molar-refractivity contribution >= 4 is 34.9 Å². The van der Waals surface area contributed by atoms with E-state index >= 15 is 0 Å². The number of carbonyl (C=O) groups is 1. The van der Waals surface area contributed by atoms with Crippen molar-refractivity contribution in [2.75, 3.05) is 5.32 Å². The molecule has 1 amide bonds. The van der Waals surface area contributed by atoms with Gasteiger partial charge in [0.15, 0.2) is 0 Å². The second-order valence-corrected chi connectivity index (χ2v) is 5.00. The summed E-state index contributed by atoms with van der Waals surface area (Å²) in [7, 11) is 0. The smallest absolute Gasteiger partial charge is 0.256 e. The molecule has 1 aromatic heterocycles. The number of fused-ring (bicyclic) bond motifs is 1. The summed E-state index contributed by atoms with van der Waals surface area (Å²) in [6.07, 6.45) is 0. The van der Waals surface area contributed by atoms with Crippen LogP contribution in [0, 0.1) is 0 Å². The third kappa shape index (κ3) is 2.75. The van der Waals surface area contributed by atoms with Gasteiger partial charge in [0.2, 0.25) is 5.28 Å². The maximum absolute atomic E-state index is 12.1. The number of nitrogens with one attached hydrogen (secondary N) is 1. The van der Waals surface area contributed by atoms with Gasteiger partial charge >= 0.3 is 0 Å². The molecule has 2 aromatic rings. The molecule has 1 aliphatic heterocycles. The predicted octanol–water partition coefficient (Wildman–Crippen LogP) is 3.07. The molecule has 3 rings (SSSR count). The van der Waals surface area contributed by atoms with Crippen molar-refractivity contribution in [3.8, 4) is 0 Å². The lowest BCUT2D eigenvalue weighted by Gasteiger charge is -2.06. The van der Waals surface area contributed by atoms with Crippen LogP contribution in [0.1, 0.15) is 21.5 Å². The number of hydrogen-bond acceptors (Lipinski definition) is 4. The van der Waals surface area contributed by atoms with E-state index in [1.165, 1.54) is 6.07 Å². The first kappa shape index (κ1) is 13.3. The number of benzene rings is 1. The second-order valence-electron chi connectivity index (χ2n) is 4.28. The van der Waals surface area contributed by atoms with Crippen molar-refractivity contribution in [3.05, 3.63) is 51.4 Å². The molecule has 1 aromatic carbocycles. The largest absolute Gasteiger partial charge is 0.372 e. The molecule has 0 bridgehead atoms. The first-order chi connectivity index (χ1) is 9.61. The first-order valence-electron chi connectivity index (χ1n) is 5.83. The molecule has 0 spiro atoms. The number of carbonyl (C=O) groups excluding carboxylic acids is 1. The van der Waals surface area contributed by atoms with Crippen LogP contribution in [0.4, 0.5) is 5.82 Å². The third-order valence-electron chi connectivity index (χ3n) is 2.89. The van der Waals surface area contributed by atoms with Crippen LogP contribution in [0.3, 0.4) is 0 Å². The van der Waals surface area contributed by atoms with Crippen molar-refractivity contribution in [2.24, 2.45) is 0 Å². The highest BCUT2D eigenvalue weighted by Gasteiger charge is 2.15. The van der Waals surface area contributed by atoms with Crippen LogP contribution in [0.15, 0.2) is 24.3 Å². The van der Waals surface area contributed by atoms with Crippen LogP contribution >= 0.6 is 23.2 Å². The number of ether oxygens (including phenoxy) is 1. The number of amides is 1. The Balaban J connectivity index is 1.82. The molecular weight excluding hydrogens is 301 g/mol. The van der Waals surface area contributed by atoms with Gasteiger partial charge in [-0.1, -0.05) is 17.7 Å². The summed E-state index contributed by atoms with van der Waals surface area (Å²) < 4.78 is 5.31. The molecule has 0 aliphatic carbocycles. The zero-order chi connectivity index (χ0) is 14.1. The topological polar surface area (TPSA) is 64.1 Å². The number of anilines is 1. The summed E-state index contributed by atoms with van der Waals surface area (Å²) in [6, 6.07) is 6.87. The highest BCUT2D eigenvalue weighted by molar-refractivity contribution is 6.32. The number of nitrogens with zero attached hydrogens (tertiary/aromatic N) is 2. The zero-order valence-corrected chi connectivity index (χ0v) is 11.7. The minimum absolute atomic E-state index is 0.0184. The maximum Gasteiger partial charge on any atom is 0.256 e. The molecule has 0 saturated heterocycles. The van der Waals surface area contributed by atoms with E-state index in [0.29, 0.717) is 18.8 Å².